The summed E-state index contributed by atoms with van der Waals surface area (Å²) in [6.45, 7) is 0. The molecule has 0 radical (unpaired) electrons. The molecule has 0 aliphatic heterocycles. The van der Waals surface area contributed by atoms with Crippen LogP contribution in [0.5, 0.6) is 0 Å². The maximum Gasteiger partial charge on any atom is 0.416 e. The third-order valence-corrected chi connectivity index (χ3v) is 3.21. The lowest BCUT2D eigenvalue weighted by atomic mass is 10.2. The molecule has 0 unspecified atom stereocenters. The van der Waals surface area contributed by atoms with Crippen molar-refractivity contribution in [1.29, 1.82) is 0 Å². The Morgan fingerprint density at radius 2 is 1.80 bits per heavy atom. The first-order valence-corrected chi connectivity index (χ1v) is 6.47. The molecule has 0 aliphatic carbocycles. The number of hydrazone groups is 1. The summed E-state index contributed by atoms with van der Waals surface area (Å²) in [5.74, 6) is 0. The van der Waals surface area contributed by atoms with Crippen LogP contribution >= 0.6 is 15.9 Å². The van der Waals surface area contributed by atoms with Gasteiger partial charge in [-0.1, -0.05) is 40.2 Å². The Hall–Kier alpha value is -1.82. The third kappa shape index (κ3) is 3.84. The summed E-state index contributed by atoms with van der Waals surface area (Å²) in [5.41, 5.74) is 2.98. The molecule has 2 aromatic rings. The lowest BCUT2D eigenvalue weighted by Crippen LogP contribution is -2.05. The van der Waals surface area contributed by atoms with E-state index in [9.17, 15) is 13.2 Å². The molecule has 0 atom stereocenters. The monoisotopic (exact) mass is 342 g/mol. The van der Waals surface area contributed by atoms with Crippen LogP contribution in [0.3, 0.4) is 0 Å². The summed E-state index contributed by atoms with van der Waals surface area (Å²) >= 11 is 3.35. The lowest BCUT2D eigenvalue weighted by Gasteiger charge is -2.08. The number of nitrogens with one attached hydrogen (secondary N) is 1. The summed E-state index contributed by atoms with van der Waals surface area (Å²) < 4.78 is 38.5. The molecule has 1 N–H and O–H groups in total. The zero-order chi connectivity index (χ0) is 14.6. The number of nitrogens with zero attached hydrogens (tertiary/aromatic N) is 1. The molecule has 0 saturated carbocycles. The molecule has 20 heavy (non-hydrogen) atoms. The molecule has 0 heterocycles. The van der Waals surface area contributed by atoms with E-state index in [1.807, 2.05) is 24.3 Å². The van der Waals surface area contributed by atoms with Gasteiger partial charge < -0.3 is 0 Å². The molecule has 0 aromatic heterocycles. The highest BCUT2D eigenvalue weighted by atomic mass is 79.9. The van der Waals surface area contributed by atoms with Crippen molar-refractivity contribution in [1.82, 2.24) is 0 Å². The molecule has 2 nitrogen and oxygen atoms in total. The van der Waals surface area contributed by atoms with E-state index < -0.39 is 11.7 Å². The van der Waals surface area contributed by atoms with Crippen molar-refractivity contribution in [2.75, 3.05) is 5.43 Å². The first-order valence-electron chi connectivity index (χ1n) is 5.68. The molecule has 2 rings (SSSR count). The maximum atomic E-state index is 12.5. The minimum Gasteiger partial charge on any atom is -0.278 e. The van der Waals surface area contributed by atoms with Crippen LogP contribution in [0.1, 0.15) is 11.1 Å². The minimum absolute atomic E-state index is 0.281. The van der Waals surface area contributed by atoms with Gasteiger partial charge in [0.2, 0.25) is 0 Å². The van der Waals surface area contributed by atoms with E-state index >= 15 is 0 Å². The third-order valence-electron chi connectivity index (χ3n) is 2.49. The Morgan fingerprint density at radius 1 is 1.05 bits per heavy atom. The molecular weight excluding hydrogens is 333 g/mol. The summed E-state index contributed by atoms with van der Waals surface area (Å²) in [5, 5.41) is 3.92. The highest BCUT2D eigenvalue weighted by Crippen LogP contribution is 2.30. The zero-order valence-corrected chi connectivity index (χ0v) is 11.7. The Labute approximate surface area is 122 Å². The van der Waals surface area contributed by atoms with Crippen LogP contribution in [0.25, 0.3) is 0 Å². The molecule has 0 spiro atoms. The highest BCUT2D eigenvalue weighted by Gasteiger charge is 2.30. The van der Waals surface area contributed by atoms with Gasteiger partial charge in [-0.2, -0.15) is 18.3 Å². The summed E-state index contributed by atoms with van der Waals surface area (Å²) in [7, 11) is 0. The second-order valence-corrected chi connectivity index (χ2v) is 4.82. The lowest BCUT2D eigenvalue weighted by molar-refractivity contribution is -0.137. The zero-order valence-electron chi connectivity index (χ0n) is 10.2. The molecule has 104 valence electrons. The van der Waals surface area contributed by atoms with Crippen molar-refractivity contribution in [2.45, 2.75) is 6.18 Å². The Bertz CT molecular complexity index is 624. The first kappa shape index (κ1) is 14.6. The van der Waals surface area contributed by atoms with Crippen molar-refractivity contribution in [2.24, 2.45) is 5.10 Å². The number of hydrogen-bond donors (Lipinski definition) is 1. The smallest absolute Gasteiger partial charge is 0.278 e. The van der Waals surface area contributed by atoms with E-state index in [0.717, 1.165) is 22.2 Å². The van der Waals surface area contributed by atoms with Gasteiger partial charge >= 0.3 is 6.18 Å². The predicted octanol–water partition coefficient (Wildman–Crippen LogP) is 4.91. The van der Waals surface area contributed by atoms with E-state index in [-0.39, 0.29) is 5.69 Å². The van der Waals surface area contributed by atoms with E-state index in [0.29, 0.717) is 0 Å². The minimum atomic E-state index is -4.36. The van der Waals surface area contributed by atoms with Gasteiger partial charge in [0.05, 0.1) is 17.5 Å². The number of rotatable bonds is 3. The Morgan fingerprint density at radius 3 is 2.50 bits per heavy atom. The Balaban J connectivity index is 2.10. The van der Waals surface area contributed by atoms with Gasteiger partial charge in [0.25, 0.3) is 0 Å². The van der Waals surface area contributed by atoms with E-state index in [1.54, 1.807) is 0 Å². The molecule has 0 amide bonds. The van der Waals surface area contributed by atoms with Crippen molar-refractivity contribution in [3.05, 3.63) is 64.1 Å². The normalized spacial score (nSPS) is 11.8. The topological polar surface area (TPSA) is 24.4 Å². The van der Waals surface area contributed by atoms with Crippen LogP contribution in [0.2, 0.25) is 0 Å². The van der Waals surface area contributed by atoms with Crippen molar-refractivity contribution in [3.8, 4) is 0 Å². The second-order valence-electron chi connectivity index (χ2n) is 3.97. The molecule has 0 fully saturated rings. The first-order chi connectivity index (χ1) is 9.47. The van der Waals surface area contributed by atoms with Gasteiger partial charge in [-0.3, -0.25) is 5.43 Å². The van der Waals surface area contributed by atoms with Gasteiger partial charge in [-0.15, -0.1) is 0 Å². The van der Waals surface area contributed by atoms with Crippen LogP contribution in [0, 0.1) is 0 Å². The average Bonchev–Trinajstić information content (AvgIpc) is 2.40. The highest BCUT2D eigenvalue weighted by molar-refractivity contribution is 9.10. The molecule has 0 saturated heterocycles. The van der Waals surface area contributed by atoms with E-state index in [4.69, 9.17) is 0 Å². The summed E-state index contributed by atoms with van der Waals surface area (Å²) in [4.78, 5) is 0. The number of halogens is 4. The largest absolute Gasteiger partial charge is 0.416 e. The second kappa shape index (κ2) is 6.09. The fourth-order valence-electron chi connectivity index (χ4n) is 1.52. The summed E-state index contributed by atoms with van der Waals surface area (Å²) in [6.07, 6.45) is -2.83. The summed E-state index contributed by atoms with van der Waals surface area (Å²) in [6, 6.07) is 12.3. The van der Waals surface area contributed by atoms with Gasteiger partial charge in [0, 0.05) is 10.0 Å². The number of anilines is 1. The van der Waals surface area contributed by atoms with Crippen LogP contribution in [-0.4, -0.2) is 6.21 Å². The fourth-order valence-corrected chi connectivity index (χ4v) is 1.91. The van der Waals surface area contributed by atoms with Gasteiger partial charge in [-0.05, 0) is 24.3 Å². The standard InChI is InChI=1S/C14H10BrF3N2/c15-13-7-2-1-4-10(13)9-19-20-12-6-3-5-11(8-12)14(16,17)18/h1-9,20H/b19-9-. The molecule has 2 aromatic carbocycles. The molecule has 0 aliphatic rings. The van der Waals surface area contributed by atoms with E-state index in [1.165, 1.54) is 18.3 Å². The van der Waals surface area contributed by atoms with Crippen LogP contribution in [-0.2, 0) is 6.18 Å². The van der Waals surface area contributed by atoms with Crippen molar-refractivity contribution < 1.29 is 13.2 Å². The number of alkyl halides is 3. The predicted molar refractivity (Wildman–Crippen MR) is 76.8 cm³/mol. The van der Waals surface area contributed by atoms with Crippen molar-refractivity contribution >= 4 is 27.8 Å². The fraction of sp³-hybridized carbons (Fsp3) is 0.0714. The van der Waals surface area contributed by atoms with Gasteiger partial charge in [0.1, 0.15) is 0 Å². The molecule has 0 bridgehead atoms. The van der Waals surface area contributed by atoms with Gasteiger partial charge in [-0.25, -0.2) is 0 Å². The van der Waals surface area contributed by atoms with Gasteiger partial charge in [0.15, 0.2) is 0 Å². The SMILES string of the molecule is FC(F)(F)c1cccc(N/N=C\c2ccccc2Br)c1. The van der Waals surface area contributed by atoms with Crippen LogP contribution in [0.4, 0.5) is 18.9 Å². The van der Waals surface area contributed by atoms with Crippen molar-refractivity contribution in [3.63, 3.8) is 0 Å². The van der Waals surface area contributed by atoms with Crippen LogP contribution in [0.15, 0.2) is 58.1 Å². The Kier molecular flexibility index (Phi) is 4.44. The number of hydrogen-bond acceptors (Lipinski definition) is 2. The number of benzene rings is 2. The molecule has 6 heteroatoms. The maximum absolute atomic E-state index is 12.5. The van der Waals surface area contributed by atoms with E-state index in [2.05, 4.69) is 26.5 Å². The van der Waals surface area contributed by atoms with Crippen LogP contribution < -0.4 is 5.43 Å². The average molecular weight is 343 g/mol. The quantitative estimate of drug-likeness (QED) is 0.621. The molecular formula is C14H10BrF3N2.